The average Bonchev–Trinajstić information content (AvgIpc) is 2.78. The van der Waals surface area contributed by atoms with Gasteiger partial charge in [-0.3, -0.25) is 4.98 Å². The predicted molar refractivity (Wildman–Crippen MR) is 62.3 cm³/mol. The quantitative estimate of drug-likeness (QED) is 0.856. The number of hydrogen-bond donors (Lipinski definition) is 1. The third kappa shape index (κ3) is 2.14. The lowest BCUT2D eigenvalue weighted by Gasteiger charge is -2.14. The maximum Gasteiger partial charge on any atom is 0.189 e. The maximum absolute atomic E-state index is 5.54. The molecule has 2 N–H and O–H groups in total. The zero-order valence-electron chi connectivity index (χ0n) is 8.42. The molecule has 78 valence electrons. The second kappa shape index (κ2) is 4.37. The van der Waals surface area contributed by atoms with Gasteiger partial charge in [-0.1, -0.05) is 0 Å². The van der Waals surface area contributed by atoms with E-state index >= 15 is 0 Å². The summed E-state index contributed by atoms with van der Waals surface area (Å²) in [5.74, 6) is 0. The molecule has 0 bridgehead atoms. The van der Waals surface area contributed by atoms with Gasteiger partial charge in [-0.2, -0.15) is 0 Å². The van der Waals surface area contributed by atoms with Gasteiger partial charge in [0, 0.05) is 30.9 Å². The van der Waals surface area contributed by atoms with E-state index in [0.717, 1.165) is 15.7 Å². The van der Waals surface area contributed by atoms with E-state index in [1.165, 1.54) is 0 Å². The molecule has 2 rings (SSSR count). The Morgan fingerprint density at radius 3 is 2.93 bits per heavy atom. The molecule has 0 aliphatic carbocycles. The van der Waals surface area contributed by atoms with E-state index in [0.29, 0.717) is 6.54 Å². The zero-order valence-corrected chi connectivity index (χ0v) is 9.24. The smallest absolute Gasteiger partial charge is 0.189 e. The van der Waals surface area contributed by atoms with Gasteiger partial charge in [0.2, 0.25) is 0 Å². The summed E-state index contributed by atoms with van der Waals surface area (Å²) in [6.45, 7) is 0.540. The van der Waals surface area contributed by atoms with Gasteiger partial charge in [-0.15, -0.1) is 11.3 Å². The summed E-state index contributed by atoms with van der Waals surface area (Å²) in [5, 5.41) is 0.934. The van der Waals surface area contributed by atoms with E-state index in [2.05, 4.69) is 9.97 Å². The molecular weight excluding hydrogens is 208 g/mol. The fraction of sp³-hybridized carbons (Fsp3) is 0.200. The van der Waals surface area contributed by atoms with Crippen molar-refractivity contribution >= 4 is 22.2 Å². The number of thiazole rings is 1. The van der Waals surface area contributed by atoms with Crippen LogP contribution in [0.4, 0.5) is 10.8 Å². The number of anilines is 2. The first-order chi connectivity index (χ1) is 7.31. The van der Waals surface area contributed by atoms with E-state index in [4.69, 9.17) is 5.73 Å². The van der Waals surface area contributed by atoms with Crippen LogP contribution in [0.5, 0.6) is 0 Å². The van der Waals surface area contributed by atoms with E-state index < -0.39 is 0 Å². The van der Waals surface area contributed by atoms with Crippen LogP contribution >= 0.6 is 11.3 Å². The lowest BCUT2D eigenvalue weighted by atomic mass is 10.4. The van der Waals surface area contributed by atoms with Crippen LogP contribution < -0.4 is 10.6 Å². The van der Waals surface area contributed by atoms with Crippen LogP contribution in [0, 0.1) is 0 Å². The Morgan fingerprint density at radius 1 is 1.47 bits per heavy atom. The molecule has 0 saturated carbocycles. The first kappa shape index (κ1) is 10.1. The van der Waals surface area contributed by atoms with Crippen molar-refractivity contribution < 1.29 is 0 Å². The van der Waals surface area contributed by atoms with Crippen molar-refractivity contribution in [2.24, 2.45) is 5.73 Å². The minimum atomic E-state index is 0.540. The van der Waals surface area contributed by atoms with Crippen molar-refractivity contribution in [2.45, 2.75) is 6.54 Å². The number of aromatic nitrogens is 2. The third-order valence-corrected chi connectivity index (χ3v) is 3.16. The molecular formula is C10H12N4S. The predicted octanol–water partition coefficient (Wildman–Crippen LogP) is 1.76. The van der Waals surface area contributed by atoms with Crippen LogP contribution in [-0.4, -0.2) is 17.0 Å². The standard InChI is InChI=1S/C10H12N4S/c1-14(8-3-2-4-12-6-8)10-13-7-9(5-11)15-10/h2-4,6-7H,5,11H2,1H3. The third-order valence-electron chi connectivity index (χ3n) is 2.06. The fourth-order valence-electron chi connectivity index (χ4n) is 1.21. The van der Waals surface area contributed by atoms with Crippen LogP contribution in [-0.2, 0) is 6.54 Å². The molecule has 15 heavy (non-hydrogen) atoms. The summed E-state index contributed by atoms with van der Waals surface area (Å²) in [4.78, 5) is 11.4. The van der Waals surface area contributed by atoms with Gasteiger partial charge in [-0.05, 0) is 12.1 Å². The van der Waals surface area contributed by atoms with Gasteiger partial charge in [0.15, 0.2) is 5.13 Å². The average molecular weight is 220 g/mol. The number of nitrogens with zero attached hydrogens (tertiary/aromatic N) is 3. The molecule has 2 aromatic heterocycles. The summed E-state index contributed by atoms with van der Waals surface area (Å²) in [6.07, 6.45) is 5.38. The number of nitrogens with two attached hydrogens (primary N) is 1. The van der Waals surface area contributed by atoms with Crippen LogP contribution in [0.2, 0.25) is 0 Å². The Hall–Kier alpha value is -1.46. The fourth-order valence-corrected chi connectivity index (χ4v) is 1.98. The summed E-state index contributed by atoms with van der Waals surface area (Å²) in [5.41, 5.74) is 6.57. The van der Waals surface area contributed by atoms with E-state index in [9.17, 15) is 0 Å². The summed E-state index contributed by atoms with van der Waals surface area (Å²) in [7, 11) is 1.97. The van der Waals surface area contributed by atoms with Gasteiger partial charge in [0.25, 0.3) is 0 Å². The van der Waals surface area contributed by atoms with Crippen molar-refractivity contribution in [1.82, 2.24) is 9.97 Å². The molecule has 2 heterocycles. The minimum absolute atomic E-state index is 0.540. The first-order valence-corrected chi connectivity index (χ1v) is 5.41. The monoisotopic (exact) mass is 220 g/mol. The van der Waals surface area contributed by atoms with Crippen LogP contribution in [0.25, 0.3) is 0 Å². The SMILES string of the molecule is CN(c1cccnc1)c1ncc(CN)s1. The second-order valence-electron chi connectivity index (χ2n) is 3.08. The molecule has 0 radical (unpaired) electrons. The molecule has 0 aliphatic rings. The summed E-state index contributed by atoms with van der Waals surface area (Å²) in [6, 6.07) is 3.90. The molecule has 5 heteroatoms. The Bertz CT molecular complexity index is 426. The summed E-state index contributed by atoms with van der Waals surface area (Å²) < 4.78 is 0. The van der Waals surface area contributed by atoms with Crippen molar-refractivity contribution in [3.05, 3.63) is 35.6 Å². The Labute approximate surface area is 92.4 Å². The molecule has 0 aliphatic heterocycles. The highest BCUT2D eigenvalue weighted by atomic mass is 32.1. The van der Waals surface area contributed by atoms with Crippen molar-refractivity contribution in [3.63, 3.8) is 0 Å². The Kier molecular flexibility index (Phi) is 2.94. The van der Waals surface area contributed by atoms with Crippen molar-refractivity contribution in [1.29, 1.82) is 0 Å². The number of hydrogen-bond acceptors (Lipinski definition) is 5. The normalized spacial score (nSPS) is 10.3. The molecule has 0 fully saturated rings. The van der Waals surface area contributed by atoms with Crippen molar-refractivity contribution in [3.8, 4) is 0 Å². The van der Waals surface area contributed by atoms with E-state index in [1.54, 1.807) is 17.5 Å². The molecule has 0 amide bonds. The van der Waals surface area contributed by atoms with Crippen LogP contribution in [0.1, 0.15) is 4.88 Å². The molecule has 0 saturated heterocycles. The first-order valence-electron chi connectivity index (χ1n) is 4.60. The van der Waals surface area contributed by atoms with Crippen LogP contribution in [0.15, 0.2) is 30.7 Å². The van der Waals surface area contributed by atoms with Gasteiger partial charge < -0.3 is 10.6 Å². The topological polar surface area (TPSA) is 55.0 Å². The molecule has 4 nitrogen and oxygen atoms in total. The lowest BCUT2D eigenvalue weighted by molar-refractivity contribution is 1.09. The summed E-state index contributed by atoms with van der Waals surface area (Å²) >= 11 is 1.60. The lowest BCUT2D eigenvalue weighted by Crippen LogP contribution is -2.08. The van der Waals surface area contributed by atoms with Gasteiger partial charge in [0.1, 0.15) is 0 Å². The number of rotatable bonds is 3. The van der Waals surface area contributed by atoms with Gasteiger partial charge >= 0.3 is 0 Å². The molecule has 0 unspecified atom stereocenters. The molecule has 2 aromatic rings. The second-order valence-corrected chi connectivity index (χ2v) is 4.18. The zero-order chi connectivity index (χ0) is 10.7. The van der Waals surface area contributed by atoms with Crippen molar-refractivity contribution in [2.75, 3.05) is 11.9 Å². The highest BCUT2D eigenvalue weighted by Crippen LogP contribution is 2.26. The number of pyridine rings is 1. The molecule has 0 aromatic carbocycles. The van der Waals surface area contributed by atoms with E-state index in [-0.39, 0.29) is 0 Å². The largest absolute Gasteiger partial charge is 0.326 e. The minimum Gasteiger partial charge on any atom is -0.326 e. The Morgan fingerprint density at radius 2 is 2.33 bits per heavy atom. The molecule has 0 atom stereocenters. The van der Waals surface area contributed by atoms with Gasteiger partial charge in [0.05, 0.1) is 11.9 Å². The van der Waals surface area contributed by atoms with Gasteiger partial charge in [-0.25, -0.2) is 4.98 Å². The highest BCUT2D eigenvalue weighted by Gasteiger charge is 2.07. The van der Waals surface area contributed by atoms with Crippen LogP contribution in [0.3, 0.4) is 0 Å². The maximum atomic E-state index is 5.54. The molecule has 0 spiro atoms. The Balaban J connectivity index is 2.24. The highest BCUT2D eigenvalue weighted by molar-refractivity contribution is 7.15. The van der Waals surface area contributed by atoms with E-state index in [1.807, 2.05) is 36.5 Å².